The molecule has 0 spiro atoms. The van der Waals surface area contributed by atoms with Crippen LogP contribution in [0.3, 0.4) is 0 Å². The Morgan fingerprint density at radius 1 is 1.83 bits per heavy atom. The molecule has 0 unspecified atom stereocenters. The van der Waals surface area contributed by atoms with Crippen LogP contribution >= 0.6 is 12.1 Å². The first-order valence-corrected chi connectivity index (χ1v) is 2.30. The molecule has 0 aromatic heterocycles. The molecule has 0 atom stereocenters. The number of hydrogen-bond acceptors (Lipinski definition) is 3. The fourth-order valence-electron chi connectivity index (χ4n) is 0.206. The molecule has 1 rings (SSSR count). The van der Waals surface area contributed by atoms with E-state index in [0.717, 1.165) is 0 Å². The SMILES string of the molecule is O=[N+]1CNSN1. The van der Waals surface area contributed by atoms with Crippen LogP contribution in [0, 0.1) is 4.91 Å². The molecule has 0 aliphatic carbocycles. The van der Waals surface area contributed by atoms with Gasteiger partial charge in [-0.05, 0) is 0 Å². The summed E-state index contributed by atoms with van der Waals surface area (Å²) in [5.41, 5.74) is 0. The van der Waals surface area contributed by atoms with Gasteiger partial charge in [0.25, 0.3) is 6.67 Å². The lowest BCUT2D eigenvalue weighted by atomic mass is 11.2. The van der Waals surface area contributed by atoms with E-state index in [2.05, 4.69) is 9.55 Å². The van der Waals surface area contributed by atoms with Crippen molar-refractivity contribution in [3.8, 4) is 0 Å². The molecule has 34 valence electrons. The molecular formula is CH4N3OS+. The van der Waals surface area contributed by atoms with E-state index in [-0.39, 0.29) is 0 Å². The standard InChI is InChI=1S/CH4N3OS/c5-4-1-2-6-3-4/h2H,1H2,(H,3,5)/q+1. The van der Waals surface area contributed by atoms with Crippen LogP contribution in [0.4, 0.5) is 0 Å². The lowest BCUT2D eigenvalue weighted by Crippen LogP contribution is -2.12. The Morgan fingerprint density at radius 3 is 2.83 bits per heavy atom. The van der Waals surface area contributed by atoms with Gasteiger partial charge in [0.05, 0.1) is 4.91 Å². The molecule has 0 aromatic rings. The molecule has 1 aliphatic rings. The van der Waals surface area contributed by atoms with Gasteiger partial charge in [-0.25, -0.2) is 0 Å². The molecule has 1 aliphatic heterocycles. The molecule has 1 saturated heterocycles. The minimum atomic E-state index is 0.366. The third-order valence-electron chi connectivity index (χ3n) is 0.428. The molecule has 0 bridgehead atoms. The largest absolute Gasteiger partial charge is 0.289 e. The normalized spacial score (nSPS) is 21.0. The quantitative estimate of drug-likeness (QED) is 0.319. The molecule has 1 heterocycles. The highest BCUT2D eigenvalue weighted by molar-refractivity contribution is 7.95. The maximum Gasteiger partial charge on any atom is 0.289 e. The molecule has 0 aromatic carbocycles. The Kier molecular flexibility index (Phi) is 0.932. The van der Waals surface area contributed by atoms with Crippen molar-refractivity contribution in [2.75, 3.05) is 6.67 Å². The lowest BCUT2D eigenvalue weighted by molar-refractivity contribution is -0.575. The van der Waals surface area contributed by atoms with Gasteiger partial charge in [-0.15, -0.1) is 0 Å². The average molecular weight is 106 g/mol. The zero-order chi connectivity index (χ0) is 4.41. The molecule has 5 heteroatoms. The Hall–Kier alpha value is -0.290. The van der Waals surface area contributed by atoms with E-state index in [9.17, 15) is 4.91 Å². The van der Waals surface area contributed by atoms with Crippen molar-refractivity contribution in [2.24, 2.45) is 0 Å². The second-order valence-corrected chi connectivity index (χ2v) is 1.55. The van der Waals surface area contributed by atoms with Crippen molar-refractivity contribution in [1.82, 2.24) is 9.55 Å². The fourth-order valence-corrected chi connectivity index (χ4v) is 0.619. The van der Waals surface area contributed by atoms with Gasteiger partial charge in [-0.1, -0.05) is 4.83 Å². The molecule has 0 saturated carbocycles. The highest BCUT2D eigenvalue weighted by Crippen LogP contribution is 1.89. The van der Waals surface area contributed by atoms with Gasteiger partial charge in [0.1, 0.15) is 17.0 Å². The zero-order valence-electron chi connectivity index (χ0n) is 2.97. The van der Waals surface area contributed by atoms with E-state index in [1.54, 1.807) is 0 Å². The van der Waals surface area contributed by atoms with E-state index in [4.69, 9.17) is 0 Å². The van der Waals surface area contributed by atoms with Crippen molar-refractivity contribution in [3.05, 3.63) is 4.91 Å². The smallest absolute Gasteiger partial charge is 0.177 e. The summed E-state index contributed by atoms with van der Waals surface area (Å²) < 4.78 is 2.69. The number of nitrogens with zero attached hydrogens (tertiary/aromatic N) is 1. The third-order valence-corrected chi connectivity index (χ3v) is 0.996. The van der Waals surface area contributed by atoms with Gasteiger partial charge in [0, 0.05) is 0 Å². The Labute approximate surface area is 39.1 Å². The van der Waals surface area contributed by atoms with Crippen molar-refractivity contribution >= 4 is 12.1 Å². The summed E-state index contributed by atoms with van der Waals surface area (Å²) in [5, 5.41) is 0. The number of rotatable bonds is 0. The Bertz CT molecular complexity index is 65.2. The number of nitrogens with one attached hydrogen (secondary N) is 2. The first-order valence-electron chi connectivity index (χ1n) is 1.48. The molecule has 2 N–H and O–H groups in total. The maximum absolute atomic E-state index is 9.97. The summed E-state index contributed by atoms with van der Waals surface area (Å²) in [7, 11) is 0. The molecule has 0 amide bonds. The molecular weight excluding hydrogens is 102 g/mol. The predicted octanol–water partition coefficient (Wildman–Crippen LogP) is -0.606. The van der Waals surface area contributed by atoms with Crippen LogP contribution in [0.15, 0.2) is 0 Å². The van der Waals surface area contributed by atoms with Gasteiger partial charge in [-0.2, -0.15) is 4.72 Å². The van der Waals surface area contributed by atoms with Crippen LogP contribution in [0.2, 0.25) is 0 Å². The van der Waals surface area contributed by atoms with Crippen molar-refractivity contribution in [3.63, 3.8) is 0 Å². The average Bonchev–Trinajstić information content (AvgIpc) is 1.86. The lowest BCUT2D eigenvalue weighted by Gasteiger charge is -1.66. The number of hydrogen-bond donors (Lipinski definition) is 2. The van der Waals surface area contributed by atoms with Crippen LogP contribution in [0.5, 0.6) is 0 Å². The molecule has 4 nitrogen and oxygen atoms in total. The van der Waals surface area contributed by atoms with Crippen LogP contribution in [-0.2, 0) is 0 Å². The topological polar surface area (TPSA) is 44.1 Å². The minimum Gasteiger partial charge on any atom is -0.177 e. The minimum absolute atomic E-state index is 0.366. The number of hydrazine groups is 1. The van der Waals surface area contributed by atoms with E-state index in [1.165, 1.54) is 12.1 Å². The summed E-state index contributed by atoms with van der Waals surface area (Å²) in [5.74, 6) is 0. The van der Waals surface area contributed by atoms with Crippen molar-refractivity contribution in [1.29, 1.82) is 0 Å². The molecule has 6 heavy (non-hydrogen) atoms. The van der Waals surface area contributed by atoms with Crippen molar-refractivity contribution < 1.29 is 4.87 Å². The summed E-state index contributed by atoms with van der Waals surface area (Å²) in [4.78, 5) is 13.1. The predicted molar refractivity (Wildman–Crippen MR) is 22.4 cm³/mol. The molecule has 1 fully saturated rings. The van der Waals surface area contributed by atoms with Crippen LogP contribution < -0.4 is 9.55 Å². The molecule has 0 radical (unpaired) electrons. The zero-order valence-corrected chi connectivity index (χ0v) is 3.79. The maximum atomic E-state index is 9.97. The summed E-state index contributed by atoms with van der Waals surface area (Å²) in [6.45, 7) is 0.366. The van der Waals surface area contributed by atoms with Gasteiger partial charge in [0.2, 0.25) is 0 Å². The second kappa shape index (κ2) is 1.44. The summed E-state index contributed by atoms with van der Waals surface area (Å²) in [6, 6.07) is 0. The first kappa shape index (κ1) is 3.89. The van der Waals surface area contributed by atoms with Crippen LogP contribution in [0.25, 0.3) is 0 Å². The van der Waals surface area contributed by atoms with Crippen LogP contribution in [0.1, 0.15) is 0 Å². The van der Waals surface area contributed by atoms with Gasteiger partial charge < -0.3 is 0 Å². The van der Waals surface area contributed by atoms with Crippen LogP contribution in [-0.4, -0.2) is 11.5 Å². The number of nitroso groups, excluding NO2 is 1. The van der Waals surface area contributed by atoms with Gasteiger partial charge >= 0.3 is 0 Å². The van der Waals surface area contributed by atoms with Gasteiger partial charge in [0.15, 0.2) is 0 Å². The van der Waals surface area contributed by atoms with Gasteiger partial charge in [-0.3, -0.25) is 0 Å². The highest BCUT2D eigenvalue weighted by atomic mass is 32.2. The van der Waals surface area contributed by atoms with E-state index < -0.39 is 0 Å². The van der Waals surface area contributed by atoms with E-state index in [0.29, 0.717) is 11.5 Å². The van der Waals surface area contributed by atoms with Crippen molar-refractivity contribution in [2.45, 2.75) is 0 Å². The summed E-state index contributed by atoms with van der Waals surface area (Å²) >= 11 is 1.20. The Morgan fingerprint density at radius 2 is 2.67 bits per heavy atom. The summed E-state index contributed by atoms with van der Waals surface area (Å²) in [6.07, 6.45) is 0. The second-order valence-electron chi connectivity index (χ2n) is 0.874. The first-order chi connectivity index (χ1) is 2.89. The fraction of sp³-hybridized carbons (Fsp3) is 1.00. The monoisotopic (exact) mass is 106 g/mol. The highest BCUT2D eigenvalue weighted by Gasteiger charge is 2.13. The van der Waals surface area contributed by atoms with E-state index >= 15 is 0 Å². The van der Waals surface area contributed by atoms with E-state index in [1.807, 2.05) is 0 Å². The third kappa shape index (κ3) is 0.605. The Balaban J connectivity index is 2.37.